The van der Waals surface area contributed by atoms with Gasteiger partial charge >= 0.3 is 11.8 Å². The Bertz CT molecular complexity index is 291. The van der Waals surface area contributed by atoms with Crippen molar-refractivity contribution in [2.24, 2.45) is 0 Å². The molecule has 0 aromatic rings. The zero-order chi connectivity index (χ0) is 11.9. The van der Waals surface area contributed by atoms with Crippen LogP contribution in [0, 0.1) is 0 Å². The normalized spacial score (nSPS) is 22.7. The lowest BCUT2D eigenvalue weighted by Gasteiger charge is -2.14. The van der Waals surface area contributed by atoms with Crippen molar-refractivity contribution in [2.45, 2.75) is 25.7 Å². The number of carbonyl (C=O) groups excluding carboxylic acids is 1. The van der Waals surface area contributed by atoms with E-state index in [0.717, 1.165) is 6.08 Å². The predicted molar refractivity (Wildman–Crippen MR) is 45.9 cm³/mol. The van der Waals surface area contributed by atoms with Crippen LogP contribution in [0.25, 0.3) is 0 Å². The zero-order valence-electron chi connectivity index (χ0n) is 8.36. The van der Waals surface area contributed by atoms with E-state index in [1.165, 1.54) is 0 Å². The second-order valence-electron chi connectivity index (χ2n) is 3.82. The van der Waals surface area contributed by atoms with Crippen LogP contribution in [0.1, 0.15) is 13.8 Å². The molecule has 0 saturated carbocycles. The van der Waals surface area contributed by atoms with Crippen LogP contribution in [-0.2, 0) is 4.79 Å². The molecule has 1 heterocycles. The van der Waals surface area contributed by atoms with E-state index in [4.69, 9.17) is 0 Å². The molecule has 0 aromatic heterocycles. The summed E-state index contributed by atoms with van der Waals surface area (Å²) in [5, 5.41) is 0. The molecule has 1 aliphatic heterocycles. The highest BCUT2D eigenvalue weighted by molar-refractivity contribution is 5.88. The Morgan fingerprint density at radius 1 is 1.13 bits per heavy atom. The van der Waals surface area contributed by atoms with Crippen LogP contribution in [0.5, 0.6) is 0 Å². The molecular formula is C9H11F4NO. The van der Waals surface area contributed by atoms with E-state index >= 15 is 0 Å². The monoisotopic (exact) mass is 225 g/mol. The molecule has 1 amide bonds. The maximum Gasteiger partial charge on any atom is 0.329 e. The van der Waals surface area contributed by atoms with E-state index in [1.54, 1.807) is 13.8 Å². The van der Waals surface area contributed by atoms with E-state index in [1.807, 2.05) is 0 Å². The molecule has 0 bridgehead atoms. The SMILES string of the molecule is CC(C)=CC(=O)N1CC(F)(F)C(F)(F)C1. The summed E-state index contributed by atoms with van der Waals surface area (Å²) >= 11 is 0. The number of allylic oxidation sites excluding steroid dienone is 1. The van der Waals surface area contributed by atoms with Crippen molar-refractivity contribution in [3.8, 4) is 0 Å². The molecule has 1 saturated heterocycles. The molecule has 2 nitrogen and oxygen atoms in total. The van der Waals surface area contributed by atoms with Gasteiger partial charge in [-0.3, -0.25) is 4.79 Å². The highest BCUT2D eigenvalue weighted by Crippen LogP contribution is 2.40. The van der Waals surface area contributed by atoms with Gasteiger partial charge in [0.15, 0.2) is 0 Å². The molecule has 15 heavy (non-hydrogen) atoms. The van der Waals surface area contributed by atoms with Gasteiger partial charge in [0.25, 0.3) is 0 Å². The summed E-state index contributed by atoms with van der Waals surface area (Å²) in [6.45, 7) is 0.736. The minimum atomic E-state index is -4.13. The van der Waals surface area contributed by atoms with Gasteiger partial charge < -0.3 is 4.90 Å². The number of carbonyl (C=O) groups is 1. The molecule has 0 N–H and O–H groups in total. The minimum absolute atomic E-state index is 0.465. The summed E-state index contributed by atoms with van der Waals surface area (Å²) in [5.41, 5.74) is 0.582. The molecule has 0 atom stereocenters. The zero-order valence-corrected chi connectivity index (χ0v) is 8.36. The third kappa shape index (κ3) is 2.30. The lowest BCUT2D eigenvalue weighted by Crippen LogP contribution is -2.38. The summed E-state index contributed by atoms with van der Waals surface area (Å²) in [4.78, 5) is 11.7. The third-order valence-corrected chi connectivity index (χ3v) is 2.04. The maximum absolute atomic E-state index is 12.7. The molecule has 0 aromatic carbocycles. The Balaban J connectivity index is 2.80. The van der Waals surface area contributed by atoms with Crippen molar-refractivity contribution >= 4 is 5.91 Å². The van der Waals surface area contributed by atoms with E-state index in [0.29, 0.717) is 10.5 Å². The maximum atomic E-state index is 12.7. The summed E-state index contributed by atoms with van der Waals surface area (Å²) in [5.74, 6) is -9.05. The van der Waals surface area contributed by atoms with Gasteiger partial charge in [-0.15, -0.1) is 0 Å². The van der Waals surface area contributed by atoms with Gasteiger partial charge in [0.2, 0.25) is 5.91 Å². The van der Waals surface area contributed by atoms with Crippen molar-refractivity contribution in [1.29, 1.82) is 0 Å². The Labute approximate surface area is 84.5 Å². The average Bonchev–Trinajstić information content (AvgIpc) is 2.20. The smallest absolute Gasteiger partial charge is 0.327 e. The van der Waals surface area contributed by atoms with Gasteiger partial charge in [-0.2, -0.15) is 17.6 Å². The third-order valence-electron chi connectivity index (χ3n) is 2.04. The molecule has 0 spiro atoms. The first-order valence-electron chi connectivity index (χ1n) is 4.35. The van der Waals surface area contributed by atoms with Gasteiger partial charge in [-0.25, -0.2) is 0 Å². The number of rotatable bonds is 1. The highest BCUT2D eigenvalue weighted by atomic mass is 19.3. The number of halogens is 4. The fourth-order valence-electron chi connectivity index (χ4n) is 1.26. The fraction of sp³-hybridized carbons (Fsp3) is 0.667. The fourth-order valence-corrected chi connectivity index (χ4v) is 1.26. The first-order chi connectivity index (χ1) is 6.66. The van der Waals surface area contributed by atoms with E-state index in [2.05, 4.69) is 0 Å². The Kier molecular flexibility index (Phi) is 2.80. The number of hydrogen-bond donors (Lipinski definition) is 0. The first kappa shape index (κ1) is 12.0. The van der Waals surface area contributed by atoms with E-state index < -0.39 is 30.8 Å². The second-order valence-corrected chi connectivity index (χ2v) is 3.82. The van der Waals surface area contributed by atoms with Gasteiger partial charge in [-0.05, 0) is 13.8 Å². The highest BCUT2D eigenvalue weighted by Gasteiger charge is 2.63. The van der Waals surface area contributed by atoms with Crippen LogP contribution < -0.4 is 0 Å². The number of hydrogen-bond acceptors (Lipinski definition) is 1. The molecule has 1 rings (SSSR count). The van der Waals surface area contributed by atoms with Crippen molar-refractivity contribution in [3.63, 3.8) is 0 Å². The van der Waals surface area contributed by atoms with E-state index in [9.17, 15) is 22.4 Å². The molecule has 0 unspecified atom stereocenters. The van der Waals surface area contributed by atoms with Gasteiger partial charge in [-0.1, -0.05) is 5.57 Å². The molecule has 0 aliphatic carbocycles. The number of amides is 1. The molecule has 0 radical (unpaired) electrons. The quantitative estimate of drug-likeness (QED) is 0.494. The van der Waals surface area contributed by atoms with Crippen LogP contribution in [0.15, 0.2) is 11.6 Å². The molecular weight excluding hydrogens is 214 g/mol. The molecule has 6 heteroatoms. The van der Waals surface area contributed by atoms with Crippen molar-refractivity contribution in [3.05, 3.63) is 11.6 Å². The van der Waals surface area contributed by atoms with Crippen molar-refractivity contribution < 1.29 is 22.4 Å². The summed E-state index contributed by atoms with van der Waals surface area (Å²) in [7, 11) is 0. The predicted octanol–water partition coefficient (Wildman–Crippen LogP) is 2.07. The lowest BCUT2D eigenvalue weighted by atomic mass is 10.2. The second kappa shape index (κ2) is 3.50. The number of alkyl halides is 4. The van der Waals surface area contributed by atoms with Gasteiger partial charge in [0.1, 0.15) is 0 Å². The van der Waals surface area contributed by atoms with Crippen LogP contribution in [0.4, 0.5) is 17.6 Å². The number of likely N-dealkylation sites (tertiary alicyclic amines) is 1. The van der Waals surface area contributed by atoms with E-state index in [-0.39, 0.29) is 0 Å². The Morgan fingerprint density at radius 3 is 1.87 bits per heavy atom. The van der Waals surface area contributed by atoms with Crippen LogP contribution in [-0.4, -0.2) is 35.7 Å². The van der Waals surface area contributed by atoms with Crippen LogP contribution >= 0.6 is 0 Å². The van der Waals surface area contributed by atoms with Gasteiger partial charge in [0.05, 0.1) is 13.1 Å². The van der Waals surface area contributed by atoms with Crippen molar-refractivity contribution in [2.75, 3.05) is 13.1 Å². The van der Waals surface area contributed by atoms with Crippen molar-refractivity contribution in [1.82, 2.24) is 4.90 Å². The Hall–Kier alpha value is -1.07. The summed E-state index contributed by atoms with van der Waals surface area (Å²) < 4.78 is 50.8. The summed E-state index contributed by atoms with van der Waals surface area (Å²) in [6, 6.07) is 0. The topological polar surface area (TPSA) is 20.3 Å². The molecule has 86 valence electrons. The molecule has 1 fully saturated rings. The Morgan fingerprint density at radius 2 is 1.53 bits per heavy atom. The lowest BCUT2D eigenvalue weighted by molar-refractivity contribution is -0.172. The average molecular weight is 225 g/mol. The molecule has 1 aliphatic rings. The first-order valence-corrected chi connectivity index (χ1v) is 4.35. The largest absolute Gasteiger partial charge is 0.329 e. The van der Waals surface area contributed by atoms with Gasteiger partial charge in [0, 0.05) is 6.08 Å². The van der Waals surface area contributed by atoms with Crippen LogP contribution in [0.3, 0.4) is 0 Å². The van der Waals surface area contributed by atoms with Crippen LogP contribution in [0.2, 0.25) is 0 Å². The number of nitrogens with zero attached hydrogens (tertiary/aromatic N) is 1. The standard InChI is InChI=1S/C9H11F4NO/c1-6(2)3-7(15)14-4-8(10,11)9(12,13)5-14/h3H,4-5H2,1-2H3. The minimum Gasteiger partial charge on any atom is -0.327 e. The summed E-state index contributed by atoms with van der Waals surface area (Å²) in [6.07, 6.45) is 1.07.